The summed E-state index contributed by atoms with van der Waals surface area (Å²) in [5, 5.41) is 0. The number of carbonyl (C=O) groups excluding carboxylic acids is 1. The van der Waals surface area contributed by atoms with E-state index in [4.69, 9.17) is 4.74 Å². The van der Waals surface area contributed by atoms with E-state index >= 15 is 0 Å². The summed E-state index contributed by atoms with van der Waals surface area (Å²) >= 11 is 0. The second-order valence-electron chi connectivity index (χ2n) is 4.00. The Balaban J connectivity index is 3.73. The minimum Gasteiger partial charge on any atom is -0.463 e. The third-order valence-electron chi connectivity index (χ3n) is 2.33. The quantitative estimate of drug-likeness (QED) is 0.341. The minimum absolute atomic E-state index is 0.0922. The van der Waals surface area contributed by atoms with Crippen LogP contribution < -0.4 is 0 Å². The Labute approximate surface area is 105 Å². The molecule has 96 valence electrons. The van der Waals surface area contributed by atoms with Gasteiger partial charge in [-0.05, 0) is 25.7 Å². The highest BCUT2D eigenvalue weighted by Crippen LogP contribution is 2.11. The maximum atomic E-state index is 10.9. The Hall–Kier alpha value is -1.31. The Kier molecular flexibility index (Phi) is 10.3. The van der Waals surface area contributed by atoms with E-state index in [1.165, 1.54) is 6.92 Å². The van der Waals surface area contributed by atoms with Crippen molar-refractivity contribution in [1.82, 2.24) is 0 Å². The molecule has 1 unspecified atom stereocenters. The fourth-order valence-corrected chi connectivity index (χ4v) is 1.60. The van der Waals surface area contributed by atoms with Crippen LogP contribution >= 0.6 is 0 Å². The number of hydrogen-bond acceptors (Lipinski definition) is 2. The minimum atomic E-state index is -0.173. The van der Waals surface area contributed by atoms with Gasteiger partial charge in [0.1, 0.15) is 6.10 Å². The van der Waals surface area contributed by atoms with Crippen molar-refractivity contribution in [2.45, 2.75) is 52.1 Å². The molecular formula is C15H24O2. The summed E-state index contributed by atoms with van der Waals surface area (Å²) in [4.78, 5) is 10.9. The summed E-state index contributed by atoms with van der Waals surface area (Å²) < 4.78 is 5.25. The molecule has 17 heavy (non-hydrogen) atoms. The van der Waals surface area contributed by atoms with E-state index in [2.05, 4.69) is 19.6 Å². The van der Waals surface area contributed by atoms with E-state index in [-0.39, 0.29) is 12.1 Å². The third-order valence-corrected chi connectivity index (χ3v) is 2.33. The van der Waals surface area contributed by atoms with Crippen LogP contribution in [0.5, 0.6) is 0 Å². The number of carbonyl (C=O) groups is 1. The molecule has 0 aliphatic heterocycles. The maximum Gasteiger partial charge on any atom is 0.302 e. The van der Waals surface area contributed by atoms with Gasteiger partial charge in [0, 0.05) is 6.92 Å². The van der Waals surface area contributed by atoms with Gasteiger partial charge in [-0.1, -0.05) is 50.3 Å². The normalized spacial score (nSPS) is 13.1. The molecule has 2 nitrogen and oxygen atoms in total. The first-order chi connectivity index (χ1) is 8.20. The van der Waals surface area contributed by atoms with Crippen molar-refractivity contribution in [3.8, 4) is 0 Å². The first-order valence-corrected chi connectivity index (χ1v) is 6.32. The van der Waals surface area contributed by atoms with Gasteiger partial charge in [-0.2, -0.15) is 0 Å². The summed E-state index contributed by atoms with van der Waals surface area (Å²) in [6, 6.07) is 0. The molecule has 0 rings (SSSR count). The van der Waals surface area contributed by atoms with Gasteiger partial charge in [-0.15, -0.1) is 0 Å². The van der Waals surface area contributed by atoms with Crippen molar-refractivity contribution in [2.75, 3.05) is 0 Å². The van der Waals surface area contributed by atoms with Crippen LogP contribution in [0, 0.1) is 0 Å². The molecule has 0 aromatic heterocycles. The lowest BCUT2D eigenvalue weighted by molar-refractivity contribution is -0.147. The van der Waals surface area contributed by atoms with Crippen LogP contribution in [-0.4, -0.2) is 12.1 Å². The predicted molar refractivity (Wildman–Crippen MR) is 72.8 cm³/mol. The molecule has 0 aromatic rings. The predicted octanol–water partition coefficient (Wildman–Crippen LogP) is 4.19. The number of ether oxygens (including phenoxy) is 1. The molecule has 0 saturated heterocycles. The van der Waals surface area contributed by atoms with Crippen LogP contribution in [-0.2, 0) is 9.53 Å². The highest BCUT2D eigenvalue weighted by molar-refractivity contribution is 5.66. The molecule has 0 bridgehead atoms. The van der Waals surface area contributed by atoms with Gasteiger partial charge in [0.25, 0.3) is 0 Å². The number of hydrogen-bond donors (Lipinski definition) is 0. The van der Waals surface area contributed by atoms with Crippen molar-refractivity contribution in [3.63, 3.8) is 0 Å². The zero-order valence-electron chi connectivity index (χ0n) is 11.0. The second-order valence-corrected chi connectivity index (χ2v) is 4.00. The third kappa shape index (κ3) is 11.0. The highest BCUT2D eigenvalue weighted by Gasteiger charge is 2.09. The number of unbranched alkanes of at least 4 members (excludes halogenated alkanes) is 1. The zero-order valence-corrected chi connectivity index (χ0v) is 11.0. The van der Waals surface area contributed by atoms with Gasteiger partial charge < -0.3 is 4.74 Å². The molecule has 0 aliphatic carbocycles. The van der Waals surface area contributed by atoms with E-state index in [0.29, 0.717) is 0 Å². The molecule has 0 aliphatic rings. The van der Waals surface area contributed by atoms with Crippen molar-refractivity contribution in [3.05, 3.63) is 37.0 Å². The molecule has 0 N–H and O–H groups in total. The summed E-state index contributed by atoms with van der Waals surface area (Å²) in [6.07, 6.45) is 14.9. The zero-order chi connectivity index (χ0) is 12.9. The highest BCUT2D eigenvalue weighted by atomic mass is 16.5. The molecule has 0 heterocycles. The van der Waals surface area contributed by atoms with Gasteiger partial charge in [0.2, 0.25) is 0 Å². The molecule has 0 fully saturated rings. The lowest BCUT2D eigenvalue weighted by Crippen LogP contribution is -2.15. The van der Waals surface area contributed by atoms with E-state index in [0.717, 1.165) is 32.1 Å². The summed E-state index contributed by atoms with van der Waals surface area (Å²) in [5.41, 5.74) is 0. The Bertz CT molecular complexity index is 264. The van der Waals surface area contributed by atoms with Crippen molar-refractivity contribution in [2.24, 2.45) is 0 Å². The van der Waals surface area contributed by atoms with Crippen molar-refractivity contribution < 1.29 is 9.53 Å². The summed E-state index contributed by atoms with van der Waals surface area (Å²) in [6.45, 7) is 7.18. The van der Waals surface area contributed by atoms with E-state index < -0.39 is 0 Å². The van der Waals surface area contributed by atoms with Crippen molar-refractivity contribution >= 4 is 5.97 Å². The molecule has 0 spiro atoms. The van der Waals surface area contributed by atoms with Gasteiger partial charge in [0.05, 0.1) is 0 Å². The van der Waals surface area contributed by atoms with Crippen molar-refractivity contribution in [1.29, 1.82) is 0 Å². The Morgan fingerprint density at radius 2 is 2.06 bits per heavy atom. The first kappa shape index (κ1) is 15.7. The number of allylic oxidation sites excluding steroid dienone is 5. The molecule has 0 saturated carbocycles. The van der Waals surface area contributed by atoms with Crippen LogP contribution in [0.2, 0.25) is 0 Å². The monoisotopic (exact) mass is 236 g/mol. The van der Waals surface area contributed by atoms with Crippen LogP contribution in [0.15, 0.2) is 37.0 Å². The van der Waals surface area contributed by atoms with Crippen LogP contribution in [0.4, 0.5) is 0 Å². The Morgan fingerprint density at radius 1 is 1.29 bits per heavy atom. The number of esters is 1. The van der Waals surface area contributed by atoms with Gasteiger partial charge >= 0.3 is 5.97 Å². The van der Waals surface area contributed by atoms with Gasteiger partial charge in [-0.25, -0.2) is 0 Å². The molecule has 1 atom stereocenters. The Morgan fingerprint density at radius 3 is 2.65 bits per heavy atom. The fraction of sp³-hybridized carbons (Fsp3) is 0.533. The van der Waals surface area contributed by atoms with Crippen LogP contribution in [0.1, 0.15) is 46.0 Å². The lowest BCUT2D eigenvalue weighted by Gasteiger charge is -2.15. The molecular weight excluding hydrogens is 212 g/mol. The molecule has 0 radical (unpaired) electrons. The van der Waals surface area contributed by atoms with Gasteiger partial charge in [-0.3, -0.25) is 4.79 Å². The first-order valence-electron chi connectivity index (χ1n) is 6.32. The smallest absolute Gasteiger partial charge is 0.302 e. The average molecular weight is 236 g/mol. The van der Waals surface area contributed by atoms with E-state index in [1.54, 1.807) is 6.08 Å². The summed E-state index contributed by atoms with van der Waals surface area (Å²) in [5.74, 6) is -0.173. The standard InChI is InChI=1S/C15H24O2/c1-4-6-7-8-9-10-11-13-15(12-5-2)17-14(3)16/h4,6-9,15H,1,5,10-13H2,2-3H3/b7-6-,9-8+. The second kappa shape index (κ2) is 11.2. The molecule has 2 heteroatoms. The van der Waals surface area contributed by atoms with Gasteiger partial charge in [0.15, 0.2) is 0 Å². The SMILES string of the molecule is C=C/C=C\C=C\CCCC(CCC)OC(C)=O. The topological polar surface area (TPSA) is 26.3 Å². The fourth-order valence-electron chi connectivity index (χ4n) is 1.60. The largest absolute Gasteiger partial charge is 0.463 e. The maximum absolute atomic E-state index is 10.9. The molecule has 0 aromatic carbocycles. The van der Waals surface area contributed by atoms with Crippen LogP contribution in [0.3, 0.4) is 0 Å². The van der Waals surface area contributed by atoms with Crippen LogP contribution in [0.25, 0.3) is 0 Å². The summed E-state index contributed by atoms with van der Waals surface area (Å²) in [7, 11) is 0. The average Bonchev–Trinajstić information content (AvgIpc) is 2.27. The molecule has 0 amide bonds. The number of rotatable bonds is 9. The van der Waals surface area contributed by atoms with E-state index in [1.807, 2.05) is 18.2 Å². The lowest BCUT2D eigenvalue weighted by atomic mass is 10.1. The van der Waals surface area contributed by atoms with E-state index in [9.17, 15) is 4.79 Å².